The van der Waals surface area contributed by atoms with Crippen LogP contribution in [-0.2, 0) is 0 Å². The van der Waals surface area contributed by atoms with Crippen molar-refractivity contribution in [3.05, 3.63) is 61.1 Å². The van der Waals surface area contributed by atoms with Gasteiger partial charge in [-0.1, -0.05) is 0 Å². The van der Waals surface area contributed by atoms with Gasteiger partial charge in [-0.05, 0) is 34.1 Å². The first-order valence-electron chi connectivity index (χ1n) is 5.06. The van der Waals surface area contributed by atoms with Crippen LogP contribution in [0.5, 0.6) is 0 Å². The van der Waals surface area contributed by atoms with Crippen LogP contribution in [0.15, 0.2) is 38.5 Å². The second-order valence-electron chi connectivity index (χ2n) is 3.57. The van der Waals surface area contributed by atoms with Crippen LogP contribution in [-0.4, -0.2) is 15.9 Å². The molecule has 0 bridgehead atoms. The maximum atomic E-state index is 13.0. The fraction of sp³-hybridized carbons (Fsp3) is 0. The molecule has 0 spiro atoms. The van der Waals surface area contributed by atoms with Crippen LogP contribution in [0.2, 0.25) is 0 Å². The van der Waals surface area contributed by atoms with Gasteiger partial charge in [0.25, 0.3) is 11.5 Å². The molecule has 0 saturated heterocycles. The molecule has 2 aromatic rings. The Hall–Kier alpha value is -2.22. The SMILES string of the molecule is O=C(Nc1ccc(F)c(Br)c1)c1c[nH]c(=O)[nH]c1=O. The van der Waals surface area contributed by atoms with Gasteiger partial charge in [-0.25, -0.2) is 9.18 Å². The summed E-state index contributed by atoms with van der Waals surface area (Å²) in [6.45, 7) is 0. The van der Waals surface area contributed by atoms with E-state index in [0.29, 0.717) is 5.69 Å². The van der Waals surface area contributed by atoms with Gasteiger partial charge in [0.2, 0.25) is 0 Å². The highest BCUT2D eigenvalue weighted by molar-refractivity contribution is 9.10. The zero-order chi connectivity index (χ0) is 14.0. The van der Waals surface area contributed by atoms with Crippen LogP contribution >= 0.6 is 15.9 Å². The largest absolute Gasteiger partial charge is 0.325 e. The van der Waals surface area contributed by atoms with Crippen molar-refractivity contribution in [1.29, 1.82) is 0 Å². The summed E-state index contributed by atoms with van der Waals surface area (Å²) in [6, 6.07) is 3.86. The number of carbonyl (C=O) groups excluding carboxylic acids is 1. The molecule has 1 amide bonds. The van der Waals surface area contributed by atoms with Crippen molar-refractivity contribution in [3.8, 4) is 0 Å². The Balaban J connectivity index is 2.28. The molecule has 98 valence electrons. The fourth-order valence-electron chi connectivity index (χ4n) is 1.35. The Bertz CT molecular complexity index is 753. The number of amides is 1. The van der Waals surface area contributed by atoms with Gasteiger partial charge >= 0.3 is 5.69 Å². The summed E-state index contributed by atoms with van der Waals surface area (Å²) in [7, 11) is 0. The van der Waals surface area contributed by atoms with Gasteiger partial charge in [0.1, 0.15) is 11.4 Å². The van der Waals surface area contributed by atoms with E-state index in [1.807, 2.05) is 4.98 Å². The lowest BCUT2D eigenvalue weighted by Crippen LogP contribution is -2.29. The Kier molecular flexibility index (Phi) is 3.61. The first kappa shape index (κ1) is 13.2. The number of rotatable bonds is 2. The zero-order valence-corrected chi connectivity index (χ0v) is 10.9. The molecule has 0 fully saturated rings. The first-order chi connectivity index (χ1) is 8.97. The van der Waals surface area contributed by atoms with E-state index in [-0.39, 0.29) is 10.0 Å². The first-order valence-corrected chi connectivity index (χ1v) is 5.85. The minimum absolute atomic E-state index is 0.181. The number of anilines is 1. The molecule has 6 nitrogen and oxygen atoms in total. The third-order valence-corrected chi connectivity index (χ3v) is 2.85. The monoisotopic (exact) mass is 327 g/mol. The van der Waals surface area contributed by atoms with Gasteiger partial charge < -0.3 is 10.3 Å². The molecular weight excluding hydrogens is 321 g/mol. The average Bonchev–Trinajstić information content (AvgIpc) is 2.33. The van der Waals surface area contributed by atoms with Gasteiger partial charge in [-0.15, -0.1) is 0 Å². The number of aromatic amines is 2. The van der Waals surface area contributed by atoms with Crippen LogP contribution < -0.4 is 16.6 Å². The molecule has 19 heavy (non-hydrogen) atoms. The molecular formula is C11H7BrFN3O3. The highest BCUT2D eigenvalue weighted by Crippen LogP contribution is 2.20. The number of halogens is 2. The lowest BCUT2D eigenvalue weighted by molar-refractivity contribution is 0.102. The van der Waals surface area contributed by atoms with Crippen molar-refractivity contribution in [3.63, 3.8) is 0 Å². The predicted octanol–water partition coefficient (Wildman–Crippen LogP) is 1.22. The smallest absolute Gasteiger partial charge is 0.322 e. The number of H-pyrrole nitrogens is 2. The minimum atomic E-state index is -0.803. The van der Waals surface area contributed by atoms with Crippen LogP contribution in [0, 0.1) is 5.82 Å². The summed E-state index contributed by atoms with van der Waals surface area (Å²) in [5.41, 5.74) is -1.45. The maximum absolute atomic E-state index is 13.0. The van der Waals surface area contributed by atoms with E-state index in [4.69, 9.17) is 0 Å². The normalized spacial score (nSPS) is 10.2. The standard InChI is InChI=1S/C11H7BrFN3O3/c12-7-3-5(1-2-8(7)13)15-9(17)6-4-14-11(19)16-10(6)18/h1-4H,(H,15,17)(H2,14,16,18,19). The third kappa shape index (κ3) is 2.97. The highest BCUT2D eigenvalue weighted by atomic mass is 79.9. The maximum Gasteiger partial charge on any atom is 0.325 e. The minimum Gasteiger partial charge on any atom is -0.322 e. The molecule has 0 aliphatic rings. The van der Waals surface area contributed by atoms with Crippen LogP contribution in [0.25, 0.3) is 0 Å². The third-order valence-electron chi connectivity index (χ3n) is 2.24. The molecule has 8 heteroatoms. The van der Waals surface area contributed by atoms with Gasteiger partial charge in [-0.3, -0.25) is 14.6 Å². The molecule has 1 aromatic carbocycles. The summed E-state index contributed by atoms with van der Waals surface area (Å²) in [4.78, 5) is 38.1. The van der Waals surface area contributed by atoms with Crippen molar-refractivity contribution in [2.45, 2.75) is 0 Å². The highest BCUT2D eigenvalue weighted by Gasteiger charge is 2.11. The summed E-state index contributed by atoms with van der Waals surface area (Å²) < 4.78 is 13.2. The lowest BCUT2D eigenvalue weighted by Gasteiger charge is -2.05. The lowest BCUT2D eigenvalue weighted by atomic mass is 10.2. The van der Waals surface area contributed by atoms with Crippen molar-refractivity contribution in [2.24, 2.45) is 0 Å². The molecule has 0 radical (unpaired) electrons. The zero-order valence-electron chi connectivity index (χ0n) is 9.29. The Morgan fingerprint density at radius 2 is 2.05 bits per heavy atom. The number of hydrogen-bond donors (Lipinski definition) is 3. The van der Waals surface area contributed by atoms with E-state index in [2.05, 4.69) is 26.2 Å². The summed E-state index contributed by atoms with van der Waals surface area (Å²) in [6.07, 6.45) is 1.01. The quantitative estimate of drug-likeness (QED) is 0.773. The number of carbonyl (C=O) groups is 1. The van der Waals surface area contributed by atoms with Crippen LogP contribution in [0.4, 0.5) is 10.1 Å². The van der Waals surface area contributed by atoms with Crippen molar-refractivity contribution in [2.75, 3.05) is 5.32 Å². The second kappa shape index (κ2) is 5.19. The van der Waals surface area contributed by atoms with Gasteiger partial charge in [-0.2, -0.15) is 0 Å². The van der Waals surface area contributed by atoms with Crippen molar-refractivity contribution in [1.82, 2.24) is 9.97 Å². The van der Waals surface area contributed by atoms with E-state index in [1.54, 1.807) is 0 Å². The molecule has 0 aliphatic heterocycles. The van der Waals surface area contributed by atoms with E-state index >= 15 is 0 Å². The van der Waals surface area contributed by atoms with E-state index in [1.165, 1.54) is 12.1 Å². The number of benzene rings is 1. The van der Waals surface area contributed by atoms with Crippen LogP contribution in [0.1, 0.15) is 10.4 Å². The molecule has 0 unspecified atom stereocenters. The molecule has 0 atom stereocenters. The number of nitrogens with one attached hydrogen (secondary N) is 3. The van der Waals surface area contributed by atoms with E-state index < -0.39 is 23.0 Å². The fourth-order valence-corrected chi connectivity index (χ4v) is 1.73. The second-order valence-corrected chi connectivity index (χ2v) is 4.42. The number of aromatic nitrogens is 2. The average molecular weight is 328 g/mol. The molecule has 3 N–H and O–H groups in total. The van der Waals surface area contributed by atoms with Gasteiger partial charge in [0.15, 0.2) is 0 Å². The molecule has 1 heterocycles. The topological polar surface area (TPSA) is 94.8 Å². The molecule has 1 aromatic heterocycles. The summed E-state index contributed by atoms with van der Waals surface area (Å²) >= 11 is 2.97. The number of hydrogen-bond acceptors (Lipinski definition) is 3. The molecule has 2 rings (SSSR count). The van der Waals surface area contributed by atoms with E-state index in [9.17, 15) is 18.8 Å². The summed E-state index contributed by atoms with van der Waals surface area (Å²) in [5.74, 6) is -1.18. The summed E-state index contributed by atoms with van der Waals surface area (Å²) in [5, 5.41) is 2.41. The van der Waals surface area contributed by atoms with E-state index in [0.717, 1.165) is 12.3 Å². The van der Waals surface area contributed by atoms with Crippen LogP contribution in [0.3, 0.4) is 0 Å². The Morgan fingerprint density at radius 3 is 2.68 bits per heavy atom. The van der Waals surface area contributed by atoms with Gasteiger partial charge in [0, 0.05) is 11.9 Å². The van der Waals surface area contributed by atoms with Crippen molar-refractivity contribution < 1.29 is 9.18 Å². The van der Waals surface area contributed by atoms with Crippen molar-refractivity contribution >= 4 is 27.5 Å². The van der Waals surface area contributed by atoms with Gasteiger partial charge in [0.05, 0.1) is 4.47 Å². The predicted molar refractivity (Wildman–Crippen MR) is 69.7 cm³/mol. The Labute approximate surface area is 113 Å². The molecule has 0 saturated carbocycles. The molecule has 0 aliphatic carbocycles. The Morgan fingerprint density at radius 1 is 1.32 bits per heavy atom.